The largest absolute Gasteiger partial charge is 0.387 e. The van der Waals surface area contributed by atoms with E-state index in [4.69, 9.17) is 0 Å². The summed E-state index contributed by atoms with van der Waals surface area (Å²) < 4.78 is 0. The van der Waals surface area contributed by atoms with Crippen molar-refractivity contribution in [3.63, 3.8) is 0 Å². The fraction of sp³-hybridized carbons (Fsp3) is 0.200. The first kappa shape index (κ1) is 16.1. The molecule has 2 aromatic carbocycles. The van der Waals surface area contributed by atoms with Crippen LogP contribution in [-0.4, -0.2) is 27.2 Å². The molecule has 4 nitrogen and oxygen atoms in total. The van der Waals surface area contributed by atoms with Gasteiger partial charge in [0.2, 0.25) is 5.95 Å². The Morgan fingerprint density at radius 2 is 1.25 bits per heavy atom. The minimum Gasteiger partial charge on any atom is -0.387 e. The molecule has 3 rings (SSSR count). The second kappa shape index (κ2) is 7.70. The summed E-state index contributed by atoms with van der Waals surface area (Å²) in [7, 11) is 0. The van der Waals surface area contributed by atoms with E-state index in [2.05, 4.69) is 15.3 Å². The van der Waals surface area contributed by atoms with Crippen LogP contribution in [0.5, 0.6) is 0 Å². The zero-order valence-corrected chi connectivity index (χ0v) is 13.5. The molecule has 0 bridgehead atoms. The summed E-state index contributed by atoms with van der Waals surface area (Å²) in [5.74, 6) is 0.525. The molecular formula is C20H21N3O. The van der Waals surface area contributed by atoms with Gasteiger partial charge in [0.1, 0.15) is 0 Å². The van der Waals surface area contributed by atoms with Crippen LogP contribution in [0.25, 0.3) is 0 Å². The zero-order chi connectivity index (χ0) is 16.7. The quantitative estimate of drug-likeness (QED) is 0.702. The Bertz CT molecular complexity index is 691. The lowest BCUT2D eigenvalue weighted by Crippen LogP contribution is -2.41. The van der Waals surface area contributed by atoms with E-state index in [1.165, 1.54) is 0 Å². The Hall–Kier alpha value is -2.72. The van der Waals surface area contributed by atoms with Gasteiger partial charge in [0.25, 0.3) is 0 Å². The number of nitrogens with one attached hydrogen (secondary N) is 1. The predicted molar refractivity (Wildman–Crippen MR) is 95.8 cm³/mol. The lowest BCUT2D eigenvalue weighted by Gasteiger charge is -2.29. The van der Waals surface area contributed by atoms with E-state index < -0.39 is 5.60 Å². The summed E-state index contributed by atoms with van der Waals surface area (Å²) in [6, 6.07) is 21.8. The first-order valence-electron chi connectivity index (χ1n) is 8.05. The van der Waals surface area contributed by atoms with E-state index in [1.807, 2.05) is 60.7 Å². The lowest BCUT2D eigenvalue weighted by molar-refractivity contribution is 0.0541. The molecular weight excluding hydrogens is 298 g/mol. The van der Waals surface area contributed by atoms with E-state index in [1.54, 1.807) is 18.5 Å². The minimum absolute atomic E-state index is 0.376. The van der Waals surface area contributed by atoms with Gasteiger partial charge in [-0.2, -0.15) is 0 Å². The Labute approximate surface area is 142 Å². The summed E-state index contributed by atoms with van der Waals surface area (Å²) in [5, 5.41) is 14.4. The number of rotatable bonds is 7. The molecule has 1 aromatic heterocycles. The van der Waals surface area contributed by atoms with Crippen LogP contribution in [0.4, 0.5) is 5.95 Å². The highest BCUT2D eigenvalue weighted by Crippen LogP contribution is 2.20. The van der Waals surface area contributed by atoms with Gasteiger partial charge in [-0.25, -0.2) is 9.97 Å². The highest BCUT2D eigenvalue weighted by Gasteiger charge is 2.28. The molecule has 1 heterocycles. The summed E-state index contributed by atoms with van der Waals surface area (Å²) in [4.78, 5) is 8.33. The fourth-order valence-electron chi connectivity index (χ4n) is 2.77. The van der Waals surface area contributed by atoms with Crippen LogP contribution >= 0.6 is 0 Å². The van der Waals surface area contributed by atoms with E-state index >= 15 is 0 Å². The van der Waals surface area contributed by atoms with Gasteiger partial charge in [-0.15, -0.1) is 0 Å². The second-order valence-electron chi connectivity index (χ2n) is 5.98. The smallest absolute Gasteiger partial charge is 0.222 e. The number of hydrogen-bond acceptors (Lipinski definition) is 4. The second-order valence-corrected chi connectivity index (χ2v) is 5.98. The molecule has 0 saturated heterocycles. The van der Waals surface area contributed by atoms with Crippen molar-refractivity contribution in [2.45, 2.75) is 18.4 Å². The third-order valence-corrected chi connectivity index (χ3v) is 3.89. The van der Waals surface area contributed by atoms with Gasteiger partial charge >= 0.3 is 0 Å². The topological polar surface area (TPSA) is 58.0 Å². The van der Waals surface area contributed by atoms with E-state index in [0.29, 0.717) is 25.3 Å². The van der Waals surface area contributed by atoms with Gasteiger partial charge in [0, 0.05) is 31.8 Å². The molecule has 0 radical (unpaired) electrons. The van der Waals surface area contributed by atoms with Crippen molar-refractivity contribution in [1.29, 1.82) is 0 Å². The Morgan fingerprint density at radius 3 is 1.75 bits per heavy atom. The maximum Gasteiger partial charge on any atom is 0.222 e. The lowest BCUT2D eigenvalue weighted by atomic mass is 9.88. The molecule has 3 aromatic rings. The van der Waals surface area contributed by atoms with Gasteiger partial charge in [0.15, 0.2) is 0 Å². The van der Waals surface area contributed by atoms with Crippen molar-refractivity contribution >= 4 is 5.95 Å². The van der Waals surface area contributed by atoms with Gasteiger partial charge < -0.3 is 10.4 Å². The summed E-state index contributed by atoms with van der Waals surface area (Å²) in [5.41, 5.74) is 1.28. The third-order valence-electron chi connectivity index (χ3n) is 3.89. The summed E-state index contributed by atoms with van der Waals surface area (Å²) in [6.07, 6.45) is 4.48. The van der Waals surface area contributed by atoms with Crippen molar-refractivity contribution in [3.8, 4) is 0 Å². The first-order chi connectivity index (χ1) is 11.7. The molecule has 0 unspecified atom stereocenters. The number of nitrogens with zero attached hydrogens (tertiary/aromatic N) is 2. The molecule has 0 saturated carbocycles. The third kappa shape index (κ3) is 4.64. The maximum atomic E-state index is 11.3. The van der Waals surface area contributed by atoms with Crippen LogP contribution in [0.2, 0.25) is 0 Å². The Balaban J connectivity index is 1.76. The number of benzene rings is 2. The van der Waals surface area contributed by atoms with Crippen LogP contribution < -0.4 is 5.32 Å². The van der Waals surface area contributed by atoms with E-state index in [0.717, 1.165) is 11.1 Å². The van der Waals surface area contributed by atoms with Crippen molar-refractivity contribution in [3.05, 3.63) is 90.3 Å². The monoisotopic (exact) mass is 319 g/mol. The van der Waals surface area contributed by atoms with Crippen molar-refractivity contribution in [1.82, 2.24) is 9.97 Å². The molecule has 0 amide bonds. The van der Waals surface area contributed by atoms with Gasteiger partial charge in [-0.1, -0.05) is 60.7 Å². The standard InChI is InChI=1S/C20H21N3O/c24-20(14-17-8-3-1-4-9-17,15-18-10-5-2-6-11-18)16-23-19-21-12-7-13-22-19/h1-13,24H,14-16H2,(H,21,22,23). The molecule has 0 aliphatic carbocycles. The van der Waals surface area contributed by atoms with Crippen LogP contribution in [0.1, 0.15) is 11.1 Å². The van der Waals surface area contributed by atoms with Crippen LogP contribution in [0.3, 0.4) is 0 Å². The molecule has 0 aliphatic heterocycles. The highest BCUT2D eigenvalue weighted by atomic mass is 16.3. The first-order valence-corrected chi connectivity index (χ1v) is 8.05. The zero-order valence-electron chi connectivity index (χ0n) is 13.5. The average Bonchev–Trinajstić information content (AvgIpc) is 2.63. The molecule has 4 heteroatoms. The highest BCUT2D eigenvalue weighted by molar-refractivity contribution is 5.27. The van der Waals surface area contributed by atoms with Crippen molar-refractivity contribution in [2.24, 2.45) is 0 Å². The van der Waals surface area contributed by atoms with Crippen molar-refractivity contribution in [2.75, 3.05) is 11.9 Å². The molecule has 0 atom stereocenters. The molecule has 24 heavy (non-hydrogen) atoms. The molecule has 0 aliphatic rings. The van der Waals surface area contributed by atoms with Crippen LogP contribution in [-0.2, 0) is 12.8 Å². The summed E-state index contributed by atoms with van der Waals surface area (Å²) >= 11 is 0. The van der Waals surface area contributed by atoms with Crippen molar-refractivity contribution < 1.29 is 5.11 Å². The normalized spacial score (nSPS) is 11.2. The van der Waals surface area contributed by atoms with Crippen LogP contribution in [0, 0.1) is 0 Å². The van der Waals surface area contributed by atoms with Gasteiger partial charge in [-0.3, -0.25) is 0 Å². The molecule has 122 valence electrons. The maximum absolute atomic E-state index is 11.3. The molecule has 2 N–H and O–H groups in total. The number of anilines is 1. The predicted octanol–water partition coefficient (Wildman–Crippen LogP) is 3.11. The van der Waals surface area contributed by atoms with Crippen LogP contribution in [0.15, 0.2) is 79.1 Å². The van der Waals surface area contributed by atoms with E-state index in [9.17, 15) is 5.11 Å². The van der Waals surface area contributed by atoms with Gasteiger partial charge in [0.05, 0.1) is 5.60 Å². The van der Waals surface area contributed by atoms with Gasteiger partial charge in [-0.05, 0) is 17.2 Å². The fourth-order valence-corrected chi connectivity index (χ4v) is 2.77. The number of aromatic nitrogens is 2. The van der Waals surface area contributed by atoms with E-state index in [-0.39, 0.29) is 0 Å². The molecule has 0 fully saturated rings. The Kier molecular flexibility index (Phi) is 5.18. The number of aliphatic hydroxyl groups is 1. The summed E-state index contributed by atoms with van der Waals surface area (Å²) in [6.45, 7) is 0.376. The minimum atomic E-state index is -0.929. The SMILES string of the molecule is OC(CNc1ncccn1)(Cc1ccccc1)Cc1ccccc1. The molecule has 0 spiro atoms. The average molecular weight is 319 g/mol. The number of hydrogen-bond donors (Lipinski definition) is 2. The Morgan fingerprint density at radius 1 is 0.750 bits per heavy atom.